The van der Waals surface area contributed by atoms with Crippen molar-refractivity contribution in [2.24, 2.45) is 16.8 Å². The number of nitrogens with one attached hydrogen (secondary N) is 2. The van der Waals surface area contributed by atoms with E-state index >= 15 is 0 Å². The Bertz CT molecular complexity index is 1240. The Balaban J connectivity index is 1.24. The zero-order valence-electron chi connectivity index (χ0n) is 21.7. The molecule has 1 aliphatic carbocycles. The number of hydrogen-bond acceptors (Lipinski definition) is 8. The van der Waals surface area contributed by atoms with E-state index in [2.05, 4.69) is 25.8 Å². The van der Waals surface area contributed by atoms with Gasteiger partial charge in [0.1, 0.15) is 23.9 Å². The van der Waals surface area contributed by atoms with Gasteiger partial charge in [-0.15, -0.1) is 0 Å². The minimum Gasteiger partial charge on any atom is -0.490 e. The maximum atomic E-state index is 13.3. The molecule has 1 aromatic heterocycles. The van der Waals surface area contributed by atoms with Crippen LogP contribution in [0.5, 0.6) is 5.75 Å². The van der Waals surface area contributed by atoms with Gasteiger partial charge in [-0.2, -0.15) is 4.98 Å². The van der Waals surface area contributed by atoms with E-state index in [9.17, 15) is 9.59 Å². The van der Waals surface area contributed by atoms with Crippen LogP contribution in [0.4, 0.5) is 5.69 Å². The number of aryl methyl sites for hydroxylation is 1. The number of hydrogen-bond donors (Lipinski definition) is 2. The number of fused-ring (bicyclic) bond motifs is 1. The monoisotopic (exact) mass is 506 g/mol. The molecule has 2 aliphatic heterocycles. The van der Waals surface area contributed by atoms with Crippen LogP contribution in [0.25, 0.3) is 11.4 Å². The smallest absolute Gasteiger partial charge is 0.267 e. The second-order valence-electron chi connectivity index (χ2n) is 10.0. The van der Waals surface area contributed by atoms with Crippen molar-refractivity contribution in [2.75, 3.05) is 31.6 Å². The number of aliphatic imine (C=N–C) groups is 1. The fourth-order valence-electron chi connectivity index (χ4n) is 5.21. The Morgan fingerprint density at radius 1 is 1.27 bits per heavy atom. The normalized spacial score (nSPS) is 20.2. The molecule has 0 radical (unpaired) electrons. The molecule has 196 valence electrons. The molecule has 37 heavy (non-hydrogen) atoms. The first-order valence-electron chi connectivity index (χ1n) is 13.1. The van der Waals surface area contributed by atoms with E-state index in [0.717, 1.165) is 29.8 Å². The van der Waals surface area contributed by atoms with Crippen molar-refractivity contribution in [3.05, 3.63) is 35.4 Å². The first kappa shape index (κ1) is 25.0. The first-order valence-corrected chi connectivity index (χ1v) is 13.1. The average molecular weight is 507 g/mol. The van der Waals surface area contributed by atoms with Crippen molar-refractivity contribution in [2.45, 2.75) is 52.4 Å². The lowest BCUT2D eigenvalue weighted by Crippen LogP contribution is -2.44. The molecule has 1 aromatic carbocycles. The number of rotatable bonds is 7. The summed E-state index contributed by atoms with van der Waals surface area (Å²) in [4.78, 5) is 37.0. The molecule has 2 aromatic rings. The predicted octanol–water partition coefficient (Wildman–Crippen LogP) is 3.38. The number of benzene rings is 1. The molecule has 0 saturated heterocycles. The summed E-state index contributed by atoms with van der Waals surface area (Å²) in [5.74, 6) is 2.17. The summed E-state index contributed by atoms with van der Waals surface area (Å²) in [5, 5.41) is 10.2. The Kier molecular flexibility index (Phi) is 7.25. The molecule has 2 N–H and O–H groups in total. The Morgan fingerprint density at radius 2 is 2.08 bits per heavy atom. The fourth-order valence-corrected chi connectivity index (χ4v) is 5.21. The van der Waals surface area contributed by atoms with Gasteiger partial charge in [0.05, 0.1) is 18.2 Å². The molecule has 1 unspecified atom stereocenters. The van der Waals surface area contributed by atoms with Gasteiger partial charge in [-0.25, -0.2) is 0 Å². The van der Waals surface area contributed by atoms with Crippen molar-refractivity contribution >= 4 is 23.3 Å². The lowest BCUT2D eigenvalue weighted by molar-refractivity contribution is -0.123. The van der Waals surface area contributed by atoms with E-state index < -0.39 is 5.92 Å². The summed E-state index contributed by atoms with van der Waals surface area (Å²) in [6.07, 6.45) is 6.62. The van der Waals surface area contributed by atoms with E-state index in [4.69, 9.17) is 9.26 Å². The van der Waals surface area contributed by atoms with E-state index in [1.807, 2.05) is 19.1 Å². The van der Waals surface area contributed by atoms with Gasteiger partial charge in [0.25, 0.3) is 5.91 Å². The van der Waals surface area contributed by atoms with Gasteiger partial charge in [-0.05, 0) is 36.1 Å². The molecule has 0 spiro atoms. The molecule has 3 aliphatic rings. The second kappa shape index (κ2) is 10.7. The number of amides is 2. The number of ether oxygens (including phenoxy) is 1. The van der Waals surface area contributed by atoms with Crippen LogP contribution >= 0.6 is 0 Å². The lowest BCUT2D eigenvalue weighted by atomic mass is 10.0. The molecule has 5 rings (SSSR count). The van der Waals surface area contributed by atoms with E-state index in [1.165, 1.54) is 25.7 Å². The van der Waals surface area contributed by atoms with Crippen LogP contribution in [0, 0.1) is 18.8 Å². The maximum Gasteiger partial charge on any atom is 0.267 e. The topological polar surface area (TPSA) is 122 Å². The predicted molar refractivity (Wildman–Crippen MR) is 139 cm³/mol. The molecule has 10 heteroatoms. The van der Waals surface area contributed by atoms with Crippen molar-refractivity contribution in [3.8, 4) is 17.1 Å². The Labute approximate surface area is 216 Å². The van der Waals surface area contributed by atoms with Crippen molar-refractivity contribution < 1.29 is 18.8 Å². The van der Waals surface area contributed by atoms with Crippen molar-refractivity contribution in [3.63, 3.8) is 0 Å². The van der Waals surface area contributed by atoms with E-state index in [0.29, 0.717) is 41.3 Å². The minimum atomic E-state index is -0.530. The van der Waals surface area contributed by atoms with Crippen LogP contribution in [0.2, 0.25) is 0 Å². The van der Waals surface area contributed by atoms with Crippen molar-refractivity contribution in [1.82, 2.24) is 20.8 Å². The highest BCUT2D eigenvalue weighted by atomic mass is 16.5. The lowest BCUT2D eigenvalue weighted by Gasteiger charge is -2.24. The highest BCUT2D eigenvalue weighted by molar-refractivity contribution is 6.01. The SMILES string of the molecule is CCC1=C(C(=O)NCC2COc3ccc(-c4noc(C)n4)cc3N(C)C2=O)NC(CC2CCCC2)=NC1. The molecular formula is C27H34N6O4. The quantitative estimate of drug-likeness (QED) is 0.590. The van der Waals surface area contributed by atoms with Gasteiger partial charge in [0, 0.05) is 32.5 Å². The Hall–Kier alpha value is -3.69. The maximum absolute atomic E-state index is 13.3. The molecule has 1 fully saturated rings. The number of anilines is 1. The molecule has 0 bridgehead atoms. The summed E-state index contributed by atoms with van der Waals surface area (Å²) in [7, 11) is 1.71. The first-order chi connectivity index (χ1) is 17.9. The molecule has 10 nitrogen and oxygen atoms in total. The summed E-state index contributed by atoms with van der Waals surface area (Å²) >= 11 is 0. The molecule has 2 amide bonds. The van der Waals surface area contributed by atoms with Crippen LogP contribution in [-0.2, 0) is 9.59 Å². The van der Waals surface area contributed by atoms with Gasteiger partial charge in [-0.3, -0.25) is 14.6 Å². The summed E-state index contributed by atoms with van der Waals surface area (Å²) < 4.78 is 11.1. The van der Waals surface area contributed by atoms with Gasteiger partial charge in [0.2, 0.25) is 17.6 Å². The third kappa shape index (κ3) is 5.38. The van der Waals surface area contributed by atoms with Gasteiger partial charge >= 0.3 is 0 Å². The van der Waals surface area contributed by atoms with Crippen LogP contribution < -0.4 is 20.3 Å². The van der Waals surface area contributed by atoms with Gasteiger partial charge in [0.15, 0.2) is 0 Å². The summed E-state index contributed by atoms with van der Waals surface area (Å²) in [5.41, 5.74) is 2.90. The van der Waals surface area contributed by atoms with Crippen LogP contribution in [0.3, 0.4) is 0 Å². The standard InChI is InChI=1S/C27H34N6O4/c1-4-18-13-28-23(11-17-7-5-6-8-17)31-24(18)26(34)29-14-20-15-36-22-10-9-19(25-30-16(2)37-32-25)12-21(22)33(3)27(20)35/h9-10,12,17,20H,4-8,11,13-15H2,1-3H3,(H,28,31)(H,29,34). The van der Waals surface area contributed by atoms with Crippen molar-refractivity contribution in [1.29, 1.82) is 0 Å². The minimum absolute atomic E-state index is 0.134. The Morgan fingerprint density at radius 3 is 2.81 bits per heavy atom. The number of carbonyl (C=O) groups excluding carboxylic acids is 2. The third-order valence-corrected chi connectivity index (χ3v) is 7.43. The average Bonchev–Trinajstić information content (AvgIpc) is 3.57. The van der Waals surface area contributed by atoms with Crippen LogP contribution in [-0.4, -0.2) is 54.5 Å². The van der Waals surface area contributed by atoms with Crippen LogP contribution in [0.15, 0.2) is 39.0 Å². The highest BCUT2D eigenvalue weighted by Crippen LogP contribution is 2.35. The van der Waals surface area contributed by atoms with Gasteiger partial charge in [-0.1, -0.05) is 37.8 Å². The molecular weight excluding hydrogens is 472 g/mol. The molecule has 1 atom stereocenters. The zero-order chi connectivity index (χ0) is 25.9. The zero-order valence-corrected chi connectivity index (χ0v) is 21.7. The third-order valence-electron chi connectivity index (χ3n) is 7.43. The largest absolute Gasteiger partial charge is 0.490 e. The van der Waals surface area contributed by atoms with Crippen LogP contribution in [0.1, 0.15) is 51.3 Å². The number of aromatic nitrogens is 2. The fraction of sp³-hybridized carbons (Fsp3) is 0.519. The summed E-state index contributed by atoms with van der Waals surface area (Å²) in [6.45, 7) is 4.63. The van der Waals surface area contributed by atoms with Gasteiger partial charge < -0.3 is 24.8 Å². The highest BCUT2D eigenvalue weighted by Gasteiger charge is 2.31. The number of amidine groups is 1. The second-order valence-corrected chi connectivity index (χ2v) is 10.0. The van der Waals surface area contributed by atoms with E-state index in [-0.39, 0.29) is 25.0 Å². The van der Waals surface area contributed by atoms with E-state index in [1.54, 1.807) is 24.9 Å². The summed E-state index contributed by atoms with van der Waals surface area (Å²) in [6, 6.07) is 5.45. The molecule has 3 heterocycles. The number of carbonyl (C=O) groups is 2. The molecule has 1 saturated carbocycles. The number of nitrogens with zero attached hydrogens (tertiary/aromatic N) is 4.